The average Bonchev–Trinajstić information content (AvgIpc) is 2.42. The molecule has 0 saturated heterocycles. The Balaban J connectivity index is 2.28. The predicted octanol–water partition coefficient (Wildman–Crippen LogP) is 2.72. The number of aryl methyl sites for hydroxylation is 1. The fourth-order valence-electron chi connectivity index (χ4n) is 1.60. The van der Waals surface area contributed by atoms with Crippen molar-refractivity contribution >= 4 is 5.69 Å². The molecule has 1 N–H and O–H groups in total. The molecule has 6 nitrogen and oxygen atoms in total. The van der Waals surface area contributed by atoms with Crippen LogP contribution in [0.5, 0.6) is 11.6 Å². The van der Waals surface area contributed by atoms with Gasteiger partial charge in [-0.05, 0) is 24.6 Å². The summed E-state index contributed by atoms with van der Waals surface area (Å²) in [7, 11) is 0. The van der Waals surface area contributed by atoms with Gasteiger partial charge >= 0.3 is 0 Å². The molecule has 0 aliphatic heterocycles. The summed E-state index contributed by atoms with van der Waals surface area (Å²) in [5.41, 5.74) is 0.878. The summed E-state index contributed by atoms with van der Waals surface area (Å²) in [5.74, 6) is -0.815. The van der Waals surface area contributed by atoms with Crippen LogP contribution in [0, 0.1) is 22.9 Å². The number of aromatic nitrogens is 1. The van der Waals surface area contributed by atoms with Gasteiger partial charge < -0.3 is 9.84 Å². The molecule has 2 rings (SSSR count). The molecule has 0 spiro atoms. The summed E-state index contributed by atoms with van der Waals surface area (Å²) < 4.78 is 19.0. The molecule has 0 saturated carbocycles. The zero-order valence-corrected chi connectivity index (χ0v) is 10.5. The van der Waals surface area contributed by atoms with Gasteiger partial charge in [-0.1, -0.05) is 0 Å². The van der Waals surface area contributed by atoms with Gasteiger partial charge in [-0.15, -0.1) is 0 Å². The van der Waals surface area contributed by atoms with Crippen molar-refractivity contribution in [2.24, 2.45) is 0 Å². The van der Waals surface area contributed by atoms with Crippen molar-refractivity contribution in [1.82, 2.24) is 4.98 Å². The Morgan fingerprint density at radius 3 is 2.75 bits per heavy atom. The highest BCUT2D eigenvalue weighted by Gasteiger charge is 2.13. The molecule has 0 aliphatic rings. The third kappa shape index (κ3) is 2.89. The maximum Gasteiger partial charge on any atom is 0.272 e. The van der Waals surface area contributed by atoms with E-state index >= 15 is 0 Å². The maximum absolute atomic E-state index is 13.7. The number of rotatable bonds is 4. The van der Waals surface area contributed by atoms with E-state index in [1.165, 1.54) is 12.3 Å². The first kappa shape index (κ1) is 13.9. The fourth-order valence-corrected chi connectivity index (χ4v) is 1.60. The maximum atomic E-state index is 13.7. The highest BCUT2D eigenvalue weighted by molar-refractivity contribution is 5.40. The van der Waals surface area contributed by atoms with Crippen LogP contribution in [0.4, 0.5) is 10.1 Å². The highest BCUT2D eigenvalue weighted by Crippen LogP contribution is 2.28. The number of hydrogen-bond donors (Lipinski definition) is 1. The van der Waals surface area contributed by atoms with Crippen LogP contribution in [-0.2, 0) is 6.61 Å². The Morgan fingerprint density at radius 2 is 2.20 bits per heavy atom. The van der Waals surface area contributed by atoms with Gasteiger partial charge in [0, 0.05) is 17.8 Å². The van der Waals surface area contributed by atoms with Crippen molar-refractivity contribution < 1.29 is 19.2 Å². The quantitative estimate of drug-likeness (QED) is 0.686. The van der Waals surface area contributed by atoms with Crippen molar-refractivity contribution in [3.05, 3.63) is 57.5 Å². The number of benzene rings is 1. The lowest BCUT2D eigenvalue weighted by atomic mass is 10.2. The normalized spacial score (nSPS) is 10.3. The Kier molecular flexibility index (Phi) is 3.90. The van der Waals surface area contributed by atoms with Gasteiger partial charge in [-0.3, -0.25) is 10.1 Å². The van der Waals surface area contributed by atoms with E-state index in [0.29, 0.717) is 11.1 Å². The minimum Gasteiger partial charge on any atom is -0.436 e. The van der Waals surface area contributed by atoms with Crippen molar-refractivity contribution in [1.29, 1.82) is 0 Å². The molecule has 0 unspecified atom stereocenters. The summed E-state index contributed by atoms with van der Waals surface area (Å²) in [6.45, 7) is 1.55. The van der Waals surface area contributed by atoms with Gasteiger partial charge in [0.05, 0.1) is 17.6 Å². The third-order valence-corrected chi connectivity index (χ3v) is 2.60. The first-order chi connectivity index (χ1) is 9.51. The molecule has 7 heteroatoms. The lowest BCUT2D eigenvalue weighted by Crippen LogP contribution is -1.96. The van der Waals surface area contributed by atoms with Crippen LogP contribution in [0.25, 0.3) is 0 Å². The number of nitro benzene ring substituents is 1. The molecular weight excluding hydrogens is 267 g/mol. The van der Waals surface area contributed by atoms with Gasteiger partial charge in [0.2, 0.25) is 5.88 Å². The summed E-state index contributed by atoms with van der Waals surface area (Å²) in [5, 5.41) is 19.5. The minimum atomic E-state index is -0.841. The molecule has 104 valence electrons. The molecule has 1 aromatic heterocycles. The van der Waals surface area contributed by atoms with Crippen LogP contribution in [0.1, 0.15) is 11.1 Å². The number of nitrogens with zero attached hydrogens (tertiary/aromatic N) is 2. The molecule has 20 heavy (non-hydrogen) atoms. The summed E-state index contributed by atoms with van der Waals surface area (Å²) in [6.07, 6.45) is 1.41. The Hall–Kier alpha value is -2.54. The number of aliphatic hydroxyl groups is 1. The first-order valence-electron chi connectivity index (χ1n) is 5.69. The van der Waals surface area contributed by atoms with E-state index in [1.807, 2.05) is 0 Å². The van der Waals surface area contributed by atoms with Gasteiger partial charge in [0.1, 0.15) is 0 Å². The Morgan fingerprint density at radius 1 is 1.45 bits per heavy atom. The lowest BCUT2D eigenvalue weighted by molar-refractivity contribution is -0.385. The van der Waals surface area contributed by atoms with Crippen LogP contribution >= 0.6 is 0 Å². The van der Waals surface area contributed by atoms with Crippen LogP contribution < -0.4 is 4.74 Å². The largest absolute Gasteiger partial charge is 0.436 e. The molecule has 0 fully saturated rings. The van der Waals surface area contributed by atoms with Crippen LogP contribution in [0.2, 0.25) is 0 Å². The number of halogens is 1. The van der Waals surface area contributed by atoms with Gasteiger partial charge in [0.25, 0.3) is 5.69 Å². The van der Waals surface area contributed by atoms with Crippen LogP contribution in [0.15, 0.2) is 30.5 Å². The van der Waals surface area contributed by atoms with Crippen molar-refractivity contribution in [2.75, 3.05) is 0 Å². The number of ether oxygens (including phenoxy) is 1. The van der Waals surface area contributed by atoms with Crippen molar-refractivity contribution in [3.8, 4) is 11.6 Å². The van der Waals surface area contributed by atoms with E-state index in [0.717, 1.165) is 12.1 Å². The van der Waals surface area contributed by atoms with E-state index < -0.39 is 10.7 Å². The van der Waals surface area contributed by atoms with Crippen LogP contribution in [0.3, 0.4) is 0 Å². The number of non-ortho nitro benzene ring substituents is 1. The molecule has 1 heterocycles. The number of nitro groups is 1. The second-order valence-corrected chi connectivity index (χ2v) is 4.10. The molecule has 2 aromatic rings. The number of pyridine rings is 1. The number of hydrogen-bond acceptors (Lipinski definition) is 5. The fraction of sp³-hybridized carbons (Fsp3) is 0.154. The molecule has 0 amide bonds. The molecule has 0 bridgehead atoms. The summed E-state index contributed by atoms with van der Waals surface area (Å²) in [6, 6.07) is 4.77. The first-order valence-corrected chi connectivity index (χ1v) is 5.69. The molecule has 1 aromatic carbocycles. The Labute approximate surface area is 113 Å². The molecule has 0 aliphatic carbocycles. The van der Waals surface area contributed by atoms with Gasteiger partial charge in [-0.25, -0.2) is 9.37 Å². The van der Waals surface area contributed by atoms with E-state index in [1.54, 1.807) is 13.0 Å². The van der Waals surface area contributed by atoms with Crippen molar-refractivity contribution in [3.63, 3.8) is 0 Å². The van der Waals surface area contributed by atoms with E-state index in [2.05, 4.69) is 4.98 Å². The minimum absolute atomic E-state index is 0.150. The second kappa shape index (κ2) is 5.62. The van der Waals surface area contributed by atoms with E-state index in [4.69, 9.17) is 9.84 Å². The molecular formula is C13H11FN2O4. The second-order valence-electron chi connectivity index (χ2n) is 4.10. The molecule has 0 radical (unpaired) electrons. The zero-order valence-electron chi connectivity index (χ0n) is 10.5. The summed E-state index contributed by atoms with van der Waals surface area (Å²) >= 11 is 0. The topological polar surface area (TPSA) is 85.5 Å². The average molecular weight is 278 g/mol. The highest BCUT2D eigenvalue weighted by atomic mass is 19.1. The standard InChI is InChI=1S/C13H11FN2O4/c1-8-4-9(7-17)6-15-13(8)20-12-3-2-10(16(18)19)5-11(12)14/h2-6,17H,7H2,1H3. The Bertz CT molecular complexity index is 661. The smallest absolute Gasteiger partial charge is 0.272 e. The van der Waals surface area contributed by atoms with Gasteiger partial charge in [-0.2, -0.15) is 0 Å². The van der Waals surface area contributed by atoms with Crippen LogP contribution in [-0.4, -0.2) is 15.0 Å². The molecule has 0 atom stereocenters. The zero-order chi connectivity index (χ0) is 14.7. The number of aliphatic hydroxyl groups excluding tert-OH is 1. The lowest BCUT2D eigenvalue weighted by Gasteiger charge is -2.09. The third-order valence-electron chi connectivity index (χ3n) is 2.60. The van der Waals surface area contributed by atoms with Gasteiger partial charge in [0.15, 0.2) is 11.6 Å². The predicted molar refractivity (Wildman–Crippen MR) is 68.0 cm³/mol. The SMILES string of the molecule is Cc1cc(CO)cnc1Oc1ccc([N+](=O)[O-])cc1F. The van der Waals surface area contributed by atoms with E-state index in [-0.39, 0.29) is 23.9 Å². The monoisotopic (exact) mass is 278 g/mol. The van der Waals surface area contributed by atoms with Crippen molar-refractivity contribution in [2.45, 2.75) is 13.5 Å². The van der Waals surface area contributed by atoms with E-state index in [9.17, 15) is 14.5 Å². The summed E-state index contributed by atoms with van der Waals surface area (Å²) in [4.78, 5) is 13.8.